The van der Waals surface area contributed by atoms with Crippen molar-refractivity contribution in [2.45, 2.75) is 33.1 Å². The van der Waals surface area contributed by atoms with Crippen molar-refractivity contribution in [2.24, 2.45) is 0 Å². The average Bonchev–Trinajstić information content (AvgIpc) is 2.56. The first-order valence-electron chi connectivity index (χ1n) is 8.31. The Labute approximate surface area is 145 Å². The third-order valence-electron chi connectivity index (χ3n) is 3.44. The minimum absolute atomic E-state index is 0.0330. The topological polar surface area (TPSA) is 61.4 Å². The van der Waals surface area contributed by atoms with E-state index in [1.165, 1.54) is 0 Å². The van der Waals surface area contributed by atoms with Gasteiger partial charge in [-0.05, 0) is 31.5 Å². The van der Waals surface area contributed by atoms with Crippen molar-refractivity contribution in [1.29, 1.82) is 0 Å². The van der Waals surface area contributed by atoms with E-state index in [0.29, 0.717) is 13.1 Å². The first-order valence-corrected chi connectivity index (χ1v) is 8.31. The fraction of sp³-hybridized carbons (Fsp3) is 0.529. The van der Waals surface area contributed by atoms with Gasteiger partial charge in [-0.3, -0.25) is 14.5 Å². The molecule has 2 N–H and O–H groups in total. The molecule has 0 heterocycles. The van der Waals surface area contributed by atoms with Crippen LogP contribution in [0.3, 0.4) is 0 Å². The van der Waals surface area contributed by atoms with Crippen LogP contribution in [0.1, 0.15) is 33.1 Å². The van der Waals surface area contributed by atoms with Crippen molar-refractivity contribution in [3.05, 3.63) is 29.6 Å². The number of benzene rings is 1. The van der Waals surface area contributed by atoms with Crippen LogP contribution in [0, 0.1) is 17.5 Å². The highest BCUT2D eigenvalue weighted by atomic mass is 19.2. The Balaban J connectivity index is 2.61. The predicted octanol–water partition coefficient (Wildman–Crippen LogP) is 2.67. The van der Waals surface area contributed by atoms with E-state index in [1.807, 2.05) is 13.8 Å². The smallest absolute Gasteiger partial charge is 0.238 e. The second-order valence-electron chi connectivity index (χ2n) is 5.69. The highest BCUT2D eigenvalue weighted by Gasteiger charge is 2.18. The Morgan fingerprint density at radius 2 is 1.68 bits per heavy atom. The van der Waals surface area contributed by atoms with Crippen LogP contribution < -0.4 is 10.6 Å². The van der Waals surface area contributed by atoms with E-state index >= 15 is 0 Å². The highest BCUT2D eigenvalue weighted by Crippen LogP contribution is 2.19. The molecule has 0 aliphatic carbocycles. The molecule has 140 valence electrons. The summed E-state index contributed by atoms with van der Waals surface area (Å²) in [6.45, 7) is 4.85. The van der Waals surface area contributed by atoms with Gasteiger partial charge in [0.05, 0.1) is 18.8 Å². The lowest BCUT2D eigenvalue weighted by Crippen LogP contribution is -2.41. The summed E-state index contributed by atoms with van der Waals surface area (Å²) in [5.74, 6) is -5.23. The summed E-state index contributed by atoms with van der Waals surface area (Å²) in [4.78, 5) is 25.5. The first kappa shape index (κ1) is 21.0. The Hall–Kier alpha value is -2.09. The maximum Gasteiger partial charge on any atom is 0.238 e. The zero-order valence-corrected chi connectivity index (χ0v) is 14.5. The summed E-state index contributed by atoms with van der Waals surface area (Å²) in [5, 5.41) is 4.95. The second-order valence-corrected chi connectivity index (χ2v) is 5.69. The van der Waals surface area contributed by atoms with Gasteiger partial charge in [0.2, 0.25) is 11.8 Å². The summed E-state index contributed by atoms with van der Waals surface area (Å²) in [5.41, 5.74) is -0.437. The number of nitrogens with one attached hydrogen (secondary N) is 2. The number of halogens is 3. The monoisotopic (exact) mass is 359 g/mol. The molecule has 2 amide bonds. The van der Waals surface area contributed by atoms with Crippen molar-refractivity contribution < 1.29 is 22.8 Å². The van der Waals surface area contributed by atoms with Crippen molar-refractivity contribution in [3.63, 3.8) is 0 Å². The molecule has 1 aromatic rings. The number of unbranched alkanes of at least 4 members (excludes halogenated alkanes) is 1. The second kappa shape index (κ2) is 10.7. The van der Waals surface area contributed by atoms with Gasteiger partial charge in [-0.2, -0.15) is 0 Å². The number of nitrogens with zero attached hydrogens (tertiary/aromatic N) is 1. The standard InChI is InChI=1S/C17H24F3N3O2/c1-3-5-8-21-14(24)10-23(9-4-2)11-15(25)22-13-7-6-12(18)16(19)17(13)20/h6-7H,3-5,8-11H2,1-2H3,(H,21,24)(H,22,25). The molecule has 0 aliphatic heterocycles. The molecule has 0 atom stereocenters. The predicted molar refractivity (Wildman–Crippen MR) is 89.6 cm³/mol. The molecule has 0 aromatic heterocycles. The van der Waals surface area contributed by atoms with Gasteiger partial charge in [0.1, 0.15) is 0 Å². The van der Waals surface area contributed by atoms with Gasteiger partial charge in [0, 0.05) is 6.54 Å². The summed E-state index contributed by atoms with van der Waals surface area (Å²) in [7, 11) is 0. The minimum Gasteiger partial charge on any atom is -0.355 e. The van der Waals surface area contributed by atoms with Gasteiger partial charge in [-0.15, -0.1) is 0 Å². The van der Waals surface area contributed by atoms with E-state index in [0.717, 1.165) is 31.4 Å². The molecule has 0 fully saturated rings. The number of anilines is 1. The Kier molecular flexibility index (Phi) is 8.98. The lowest BCUT2D eigenvalue weighted by molar-refractivity contribution is -0.123. The van der Waals surface area contributed by atoms with Gasteiger partial charge in [-0.1, -0.05) is 20.3 Å². The van der Waals surface area contributed by atoms with Gasteiger partial charge in [-0.25, -0.2) is 13.2 Å². The van der Waals surface area contributed by atoms with Crippen molar-refractivity contribution in [2.75, 3.05) is 31.5 Å². The van der Waals surface area contributed by atoms with Crippen molar-refractivity contribution in [1.82, 2.24) is 10.2 Å². The normalized spacial score (nSPS) is 10.8. The van der Waals surface area contributed by atoms with E-state index in [4.69, 9.17) is 0 Å². The number of hydrogen-bond donors (Lipinski definition) is 2. The van der Waals surface area contributed by atoms with E-state index in [-0.39, 0.29) is 19.0 Å². The fourth-order valence-corrected chi connectivity index (χ4v) is 2.21. The van der Waals surface area contributed by atoms with Crippen LogP contribution in [0.2, 0.25) is 0 Å². The maximum absolute atomic E-state index is 13.6. The molecule has 25 heavy (non-hydrogen) atoms. The van der Waals surface area contributed by atoms with Crippen LogP contribution in [0.15, 0.2) is 12.1 Å². The number of hydrogen-bond acceptors (Lipinski definition) is 3. The molecule has 0 saturated carbocycles. The molecule has 0 aliphatic rings. The van der Waals surface area contributed by atoms with Gasteiger partial charge >= 0.3 is 0 Å². The van der Waals surface area contributed by atoms with E-state index in [2.05, 4.69) is 10.6 Å². The minimum atomic E-state index is -1.64. The third kappa shape index (κ3) is 7.13. The number of carbonyl (C=O) groups excluding carboxylic acids is 2. The highest BCUT2D eigenvalue weighted by molar-refractivity contribution is 5.92. The molecule has 8 heteroatoms. The largest absolute Gasteiger partial charge is 0.355 e. The molecule has 0 bridgehead atoms. The van der Waals surface area contributed by atoms with Crippen LogP contribution in [-0.2, 0) is 9.59 Å². The third-order valence-corrected chi connectivity index (χ3v) is 3.44. The lowest BCUT2D eigenvalue weighted by atomic mass is 10.2. The number of rotatable bonds is 10. The maximum atomic E-state index is 13.6. The molecule has 5 nitrogen and oxygen atoms in total. The van der Waals surface area contributed by atoms with Crippen LogP contribution in [-0.4, -0.2) is 42.9 Å². The molecule has 1 aromatic carbocycles. The molecular formula is C17H24F3N3O2. The molecule has 0 saturated heterocycles. The van der Waals surface area contributed by atoms with Crippen LogP contribution in [0.5, 0.6) is 0 Å². The van der Waals surface area contributed by atoms with Gasteiger partial charge < -0.3 is 10.6 Å². The molecule has 0 unspecified atom stereocenters. The van der Waals surface area contributed by atoms with Crippen molar-refractivity contribution in [3.8, 4) is 0 Å². The summed E-state index contributed by atoms with van der Waals surface area (Å²) >= 11 is 0. The Morgan fingerprint density at radius 1 is 1.00 bits per heavy atom. The van der Waals surface area contributed by atoms with Gasteiger partial charge in [0.25, 0.3) is 0 Å². The first-order chi connectivity index (χ1) is 11.9. The van der Waals surface area contributed by atoms with Crippen LogP contribution in [0.4, 0.5) is 18.9 Å². The molecular weight excluding hydrogens is 335 g/mol. The Morgan fingerprint density at radius 3 is 2.32 bits per heavy atom. The zero-order chi connectivity index (χ0) is 18.8. The molecule has 0 radical (unpaired) electrons. The SMILES string of the molecule is CCCCNC(=O)CN(CCC)CC(=O)Nc1ccc(F)c(F)c1F. The summed E-state index contributed by atoms with van der Waals surface area (Å²) < 4.78 is 39.7. The summed E-state index contributed by atoms with van der Waals surface area (Å²) in [6, 6.07) is 1.69. The zero-order valence-electron chi connectivity index (χ0n) is 14.5. The summed E-state index contributed by atoms with van der Waals surface area (Å²) in [6.07, 6.45) is 2.55. The molecule has 1 rings (SSSR count). The fourth-order valence-electron chi connectivity index (χ4n) is 2.21. The average molecular weight is 359 g/mol. The quantitative estimate of drug-likeness (QED) is 0.499. The van der Waals surface area contributed by atoms with Crippen LogP contribution in [0.25, 0.3) is 0 Å². The molecule has 0 spiro atoms. The van der Waals surface area contributed by atoms with Gasteiger partial charge in [0.15, 0.2) is 17.5 Å². The van der Waals surface area contributed by atoms with Crippen LogP contribution >= 0.6 is 0 Å². The number of carbonyl (C=O) groups is 2. The van der Waals surface area contributed by atoms with E-state index in [9.17, 15) is 22.8 Å². The van der Waals surface area contributed by atoms with Crippen molar-refractivity contribution >= 4 is 17.5 Å². The van der Waals surface area contributed by atoms with E-state index < -0.39 is 29.0 Å². The van der Waals surface area contributed by atoms with E-state index in [1.54, 1.807) is 4.90 Å². The lowest BCUT2D eigenvalue weighted by Gasteiger charge is -2.20. The number of amides is 2. The Bertz CT molecular complexity index is 597.